The normalized spacial score (nSPS) is 11.2. The van der Waals surface area contributed by atoms with Gasteiger partial charge in [0.15, 0.2) is 0 Å². The van der Waals surface area contributed by atoms with Crippen molar-refractivity contribution in [3.63, 3.8) is 0 Å². The molecule has 2 aromatic carbocycles. The molecule has 0 spiro atoms. The maximum absolute atomic E-state index is 11.7. The number of carbonyl (C=O) groups is 1. The first-order chi connectivity index (χ1) is 11.6. The SMILES string of the molecule is Cc1[nH]c2c(-c3ccccc3)c3cc(Cl)ccc3nc2c1C(=O)O. The second kappa shape index (κ2) is 5.35. The molecule has 0 atom stereocenters. The number of aryl methyl sites for hydroxylation is 1. The fourth-order valence-electron chi connectivity index (χ4n) is 3.13. The van der Waals surface area contributed by atoms with E-state index in [9.17, 15) is 9.90 Å². The Labute approximate surface area is 142 Å². The molecule has 0 unspecified atom stereocenters. The van der Waals surface area contributed by atoms with Crippen molar-refractivity contribution in [2.24, 2.45) is 0 Å². The lowest BCUT2D eigenvalue weighted by Gasteiger charge is -2.09. The zero-order valence-corrected chi connectivity index (χ0v) is 13.6. The number of benzene rings is 2. The number of halogens is 1. The van der Waals surface area contributed by atoms with E-state index < -0.39 is 5.97 Å². The first-order valence-electron chi connectivity index (χ1n) is 7.46. The second-order valence-corrected chi connectivity index (χ2v) is 6.10. The molecule has 0 aliphatic rings. The molecule has 4 nitrogen and oxygen atoms in total. The van der Waals surface area contributed by atoms with Crippen molar-refractivity contribution in [1.82, 2.24) is 9.97 Å². The molecule has 0 saturated carbocycles. The smallest absolute Gasteiger partial charge is 0.339 e. The van der Waals surface area contributed by atoms with Crippen LogP contribution in [0.3, 0.4) is 0 Å². The predicted molar refractivity (Wildman–Crippen MR) is 95.7 cm³/mol. The fourth-order valence-corrected chi connectivity index (χ4v) is 3.30. The van der Waals surface area contributed by atoms with E-state index in [0.717, 1.165) is 16.5 Å². The Morgan fingerprint density at radius 3 is 2.62 bits per heavy atom. The third-order valence-electron chi connectivity index (χ3n) is 4.15. The summed E-state index contributed by atoms with van der Waals surface area (Å²) in [5, 5.41) is 11.1. The van der Waals surface area contributed by atoms with Crippen molar-refractivity contribution in [3.05, 3.63) is 64.8 Å². The number of nitrogens with zero attached hydrogens (tertiary/aromatic N) is 1. The Morgan fingerprint density at radius 1 is 1.17 bits per heavy atom. The minimum atomic E-state index is -0.987. The van der Waals surface area contributed by atoms with E-state index >= 15 is 0 Å². The average molecular weight is 337 g/mol. The molecule has 0 radical (unpaired) electrons. The number of carboxylic acids is 1. The fraction of sp³-hybridized carbons (Fsp3) is 0.0526. The molecular formula is C19H13ClN2O2. The van der Waals surface area contributed by atoms with Gasteiger partial charge in [-0.25, -0.2) is 9.78 Å². The summed E-state index contributed by atoms with van der Waals surface area (Å²) >= 11 is 6.18. The van der Waals surface area contributed by atoms with Crippen LogP contribution in [0.5, 0.6) is 0 Å². The minimum Gasteiger partial charge on any atom is -0.478 e. The zero-order valence-electron chi connectivity index (χ0n) is 12.8. The average Bonchev–Trinajstić information content (AvgIpc) is 2.89. The van der Waals surface area contributed by atoms with Gasteiger partial charge in [0.25, 0.3) is 0 Å². The number of aromatic amines is 1. The number of pyridine rings is 1. The maximum Gasteiger partial charge on any atom is 0.339 e. The Morgan fingerprint density at radius 2 is 1.92 bits per heavy atom. The summed E-state index contributed by atoms with van der Waals surface area (Å²) < 4.78 is 0. The monoisotopic (exact) mass is 336 g/mol. The molecule has 0 aliphatic heterocycles. The van der Waals surface area contributed by atoms with Gasteiger partial charge < -0.3 is 10.1 Å². The van der Waals surface area contributed by atoms with Crippen molar-refractivity contribution in [1.29, 1.82) is 0 Å². The molecule has 0 amide bonds. The first kappa shape index (κ1) is 14.7. The highest BCUT2D eigenvalue weighted by Crippen LogP contribution is 2.37. The van der Waals surface area contributed by atoms with Crippen molar-refractivity contribution in [2.75, 3.05) is 0 Å². The number of hydrogen-bond donors (Lipinski definition) is 2. The number of H-pyrrole nitrogens is 1. The standard InChI is InChI=1S/C19H13ClN2O2/c1-10-15(19(23)24)17-18(21-10)16(11-5-3-2-4-6-11)13-9-12(20)7-8-14(13)22-17/h2-9,21H,1H3,(H,23,24). The molecule has 118 valence electrons. The Balaban J connectivity index is 2.25. The van der Waals surface area contributed by atoms with Crippen molar-refractivity contribution in [3.8, 4) is 11.1 Å². The van der Waals surface area contributed by atoms with Gasteiger partial charge in [-0.05, 0) is 30.7 Å². The van der Waals surface area contributed by atoms with E-state index in [0.29, 0.717) is 27.3 Å². The van der Waals surface area contributed by atoms with Crippen LogP contribution < -0.4 is 0 Å². The van der Waals surface area contributed by atoms with Crippen LogP contribution in [0.25, 0.3) is 33.1 Å². The van der Waals surface area contributed by atoms with Crippen LogP contribution in [0.1, 0.15) is 16.1 Å². The van der Waals surface area contributed by atoms with E-state index in [4.69, 9.17) is 11.6 Å². The van der Waals surface area contributed by atoms with Gasteiger partial charge in [-0.2, -0.15) is 0 Å². The van der Waals surface area contributed by atoms with Gasteiger partial charge in [-0.15, -0.1) is 0 Å². The molecule has 0 aliphatic carbocycles. The van der Waals surface area contributed by atoms with E-state index in [-0.39, 0.29) is 5.56 Å². The van der Waals surface area contributed by atoms with Gasteiger partial charge in [0.2, 0.25) is 0 Å². The molecule has 4 rings (SSSR count). The van der Waals surface area contributed by atoms with Crippen LogP contribution in [0.15, 0.2) is 48.5 Å². The highest BCUT2D eigenvalue weighted by Gasteiger charge is 2.21. The number of aromatic nitrogens is 2. The molecule has 5 heteroatoms. The maximum atomic E-state index is 11.7. The Hall–Kier alpha value is -2.85. The third kappa shape index (κ3) is 2.15. The first-order valence-corrected chi connectivity index (χ1v) is 7.84. The highest BCUT2D eigenvalue weighted by molar-refractivity contribution is 6.31. The van der Waals surface area contributed by atoms with Crippen LogP contribution in [-0.2, 0) is 0 Å². The predicted octanol–water partition coefficient (Wildman–Crippen LogP) is 5.04. The molecule has 2 aromatic heterocycles. The van der Waals surface area contributed by atoms with Crippen LogP contribution >= 0.6 is 11.6 Å². The molecule has 4 aromatic rings. The molecule has 0 saturated heterocycles. The second-order valence-electron chi connectivity index (χ2n) is 5.67. The number of carboxylic acid groups (broad SMARTS) is 1. The molecule has 0 fully saturated rings. The summed E-state index contributed by atoms with van der Waals surface area (Å²) in [6, 6.07) is 15.3. The van der Waals surface area contributed by atoms with Crippen LogP contribution in [0.2, 0.25) is 5.02 Å². The van der Waals surface area contributed by atoms with Gasteiger partial charge in [-0.1, -0.05) is 41.9 Å². The van der Waals surface area contributed by atoms with E-state index in [1.165, 1.54) is 0 Å². The summed E-state index contributed by atoms with van der Waals surface area (Å²) in [6.07, 6.45) is 0. The van der Waals surface area contributed by atoms with Gasteiger partial charge >= 0.3 is 5.97 Å². The van der Waals surface area contributed by atoms with Gasteiger partial charge in [0, 0.05) is 21.7 Å². The number of hydrogen-bond acceptors (Lipinski definition) is 2. The summed E-state index contributed by atoms with van der Waals surface area (Å²) in [5.74, 6) is -0.987. The zero-order chi connectivity index (χ0) is 16.8. The lowest BCUT2D eigenvalue weighted by atomic mass is 9.99. The number of fused-ring (bicyclic) bond motifs is 2. The van der Waals surface area contributed by atoms with Gasteiger partial charge in [0.1, 0.15) is 11.1 Å². The van der Waals surface area contributed by atoms with Gasteiger partial charge in [0.05, 0.1) is 11.0 Å². The summed E-state index contributed by atoms with van der Waals surface area (Å²) in [4.78, 5) is 19.4. The third-order valence-corrected chi connectivity index (χ3v) is 4.38. The topological polar surface area (TPSA) is 66.0 Å². The minimum absolute atomic E-state index is 0.207. The van der Waals surface area contributed by atoms with Crippen LogP contribution in [-0.4, -0.2) is 21.0 Å². The summed E-state index contributed by atoms with van der Waals surface area (Å²) in [5.41, 5.74) is 4.58. The number of nitrogens with one attached hydrogen (secondary N) is 1. The molecule has 2 N–H and O–H groups in total. The summed E-state index contributed by atoms with van der Waals surface area (Å²) in [6.45, 7) is 1.75. The van der Waals surface area contributed by atoms with Crippen LogP contribution in [0, 0.1) is 6.92 Å². The number of aromatic carboxylic acids is 1. The largest absolute Gasteiger partial charge is 0.478 e. The molecule has 24 heavy (non-hydrogen) atoms. The van der Waals surface area contributed by atoms with Gasteiger partial charge in [-0.3, -0.25) is 0 Å². The van der Waals surface area contributed by atoms with Crippen molar-refractivity contribution >= 4 is 39.5 Å². The van der Waals surface area contributed by atoms with Crippen LogP contribution in [0.4, 0.5) is 0 Å². The lowest BCUT2D eigenvalue weighted by molar-refractivity contribution is 0.0698. The molecule has 2 heterocycles. The molecular weight excluding hydrogens is 324 g/mol. The Kier molecular flexibility index (Phi) is 3.28. The van der Waals surface area contributed by atoms with Crippen molar-refractivity contribution in [2.45, 2.75) is 6.92 Å². The molecule has 0 bridgehead atoms. The van der Waals surface area contributed by atoms with E-state index in [1.807, 2.05) is 42.5 Å². The van der Waals surface area contributed by atoms with E-state index in [1.54, 1.807) is 13.0 Å². The highest BCUT2D eigenvalue weighted by atomic mass is 35.5. The lowest BCUT2D eigenvalue weighted by Crippen LogP contribution is -1.98. The quantitative estimate of drug-likeness (QED) is 0.538. The number of rotatable bonds is 2. The summed E-state index contributed by atoms with van der Waals surface area (Å²) in [7, 11) is 0. The Bertz CT molecular complexity index is 1100. The van der Waals surface area contributed by atoms with Crippen molar-refractivity contribution < 1.29 is 9.90 Å². The van der Waals surface area contributed by atoms with E-state index in [2.05, 4.69) is 9.97 Å².